The summed E-state index contributed by atoms with van der Waals surface area (Å²) < 4.78 is 4.69. The Morgan fingerprint density at radius 2 is 1.74 bits per heavy atom. The summed E-state index contributed by atoms with van der Waals surface area (Å²) >= 11 is 5.99. The Kier molecular flexibility index (Phi) is 6.19. The number of amides is 1. The number of carbonyl (C=O) groups is 2. The number of anilines is 3. The van der Waals surface area contributed by atoms with E-state index in [9.17, 15) is 9.59 Å². The topological polar surface area (TPSA) is 70.7 Å². The number of hydrogen-bond acceptors (Lipinski definition) is 5. The fourth-order valence-electron chi connectivity index (χ4n) is 3.02. The molecule has 142 valence electrons. The zero-order valence-corrected chi connectivity index (χ0v) is 15.9. The van der Waals surface area contributed by atoms with Gasteiger partial charge in [-0.1, -0.05) is 11.6 Å². The van der Waals surface area contributed by atoms with Gasteiger partial charge >= 0.3 is 5.97 Å². The minimum absolute atomic E-state index is 0.0656. The Morgan fingerprint density at radius 1 is 1.07 bits per heavy atom. The normalized spacial score (nSPS) is 13.3. The van der Waals surface area contributed by atoms with E-state index >= 15 is 0 Å². The molecule has 7 heteroatoms. The number of nitrogens with one attached hydrogen (secondary N) is 2. The third kappa shape index (κ3) is 4.92. The predicted molar refractivity (Wildman–Crippen MR) is 108 cm³/mol. The molecule has 27 heavy (non-hydrogen) atoms. The van der Waals surface area contributed by atoms with Crippen LogP contribution in [0.3, 0.4) is 0 Å². The van der Waals surface area contributed by atoms with Gasteiger partial charge in [-0.3, -0.25) is 4.79 Å². The molecule has 3 rings (SSSR count). The van der Waals surface area contributed by atoms with Crippen molar-refractivity contribution in [2.24, 2.45) is 0 Å². The van der Waals surface area contributed by atoms with Gasteiger partial charge in [-0.15, -0.1) is 0 Å². The van der Waals surface area contributed by atoms with Crippen LogP contribution < -0.4 is 15.5 Å². The Labute approximate surface area is 163 Å². The summed E-state index contributed by atoms with van der Waals surface area (Å²) in [5, 5.41) is 6.13. The van der Waals surface area contributed by atoms with E-state index in [2.05, 4.69) is 20.3 Å². The highest BCUT2D eigenvalue weighted by atomic mass is 35.5. The summed E-state index contributed by atoms with van der Waals surface area (Å²) in [6.45, 7) is 2.24. The third-order valence-electron chi connectivity index (χ3n) is 4.45. The molecule has 0 aromatic heterocycles. The standard InChI is InChI=1S/C20H22ClN3O3/c1-27-20(26)17-12-15(6-9-18(17)21)22-13-19(25)23-14-4-7-16(8-5-14)24-10-2-3-11-24/h4-9,12,22H,2-3,10-11,13H2,1H3,(H,23,25). The van der Waals surface area contributed by atoms with Crippen molar-refractivity contribution in [2.75, 3.05) is 42.3 Å². The highest BCUT2D eigenvalue weighted by Gasteiger charge is 2.13. The van der Waals surface area contributed by atoms with E-state index in [1.54, 1.807) is 18.2 Å². The van der Waals surface area contributed by atoms with Crippen molar-refractivity contribution in [1.82, 2.24) is 0 Å². The van der Waals surface area contributed by atoms with Crippen LogP contribution in [0.5, 0.6) is 0 Å². The van der Waals surface area contributed by atoms with Crippen molar-refractivity contribution in [3.63, 3.8) is 0 Å². The van der Waals surface area contributed by atoms with E-state index in [0.29, 0.717) is 10.7 Å². The molecule has 0 spiro atoms. The molecule has 1 saturated heterocycles. The second-order valence-corrected chi connectivity index (χ2v) is 6.74. The first-order valence-electron chi connectivity index (χ1n) is 8.83. The number of halogens is 1. The maximum Gasteiger partial charge on any atom is 0.339 e. The van der Waals surface area contributed by atoms with Gasteiger partial charge in [-0.05, 0) is 55.3 Å². The lowest BCUT2D eigenvalue weighted by molar-refractivity contribution is -0.114. The molecule has 1 aliphatic rings. The van der Waals surface area contributed by atoms with Gasteiger partial charge in [0.05, 0.1) is 24.2 Å². The zero-order valence-electron chi connectivity index (χ0n) is 15.1. The van der Waals surface area contributed by atoms with Crippen LogP contribution in [0.25, 0.3) is 0 Å². The van der Waals surface area contributed by atoms with Gasteiger partial charge in [-0.2, -0.15) is 0 Å². The number of hydrogen-bond donors (Lipinski definition) is 2. The largest absolute Gasteiger partial charge is 0.465 e. The zero-order chi connectivity index (χ0) is 19.2. The average Bonchev–Trinajstić information content (AvgIpc) is 3.22. The monoisotopic (exact) mass is 387 g/mol. The molecule has 2 aromatic rings. The van der Waals surface area contributed by atoms with E-state index in [1.807, 2.05) is 24.3 Å². The lowest BCUT2D eigenvalue weighted by Gasteiger charge is -2.17. The predicted octanol–water partition coefficient (Wildman–Crippen LogP) is 3.78. The molecule has 1 aliphatic heterocycles. The first-order chi connectivity index (χ1) is 13.1. The lowest BCUT2D eigenvalue weighted by Crippen LogP contribution is -2.22. The summed E-state index contributed by atoms with van der Waals surface area (Å²) in [5.74, 6) is -0.704. The van der Waals surface area contributed by atoms with Crippen molar-refractivity contribution in [3.05, 3.63) is 53.1 Å². The van der Waals surface area contributed by atoms with E-state index in [0.717, 1.165) is 18.8 Å². The fourth-order valence-corrected chi connectivity index (χ4v) is 3.21. The van der Waals surface area contributed by atoms with Gasteiger partial charge in [0.25, 0.3) is 0 Å². The number of benzene rings is 2. The van der Waals surface area contributed by atoms with Gasteiger partial charge < -0.3 is 20.3 Å². The number of carbonyl (C=O) groups excluding carboxylic acids is 2. The average molecular weight is 388 g/mol. The van der Waals surface area contributed by atoms with Gasteiger partial charge in [0.2, 0.25) is 5.91 Å². The number of methoxy groups -OCH3 is 1. The van der Waals surface area contributed by atoms with Crippen LogP contribution in [0, 0.1) is 0 Å². The van der Waals surface area contributed by atoms with Crippen molar-refractivity contribution < 1.29 is 14.3 Å². The van der Waals surface area contributed by atoms with Crippen molar-refractivity contribution in [2.45, 2.75) is 12.8 Å². The molecule has 1 heterocycles. The molecule has 0 saturated carbocycles. The van der Waals surface area contributed by atoms with Crippen molar-refractivity contribution in [3.8, 4) is 0 Å². The summed E-state index contributed by atoms with van der Waals surface area (Å²) in [7, 11) is 1.29. The second kappa shape index (κ2) is 8.77. The number of esters is 1. The molecule has 1 amide bonds. The van der Waals surface area contributed by atoms with Gasteiger partial charge in [0, 0.05) is 30.2 Å². The van der Waals surface area contributed by atoms with Gasteiger partial charge in [0.15, 0.2) is 0 Å². The molecule has 2 N–H and O–H groups in total. The smallest absolute Gasteiger partial charge is 0.339 e. The van der Waals surface area contributed by atoms with Crippen molar-refractivity contribution in [1.29, 1.82) is 0 Å². The van der Waals surface area contributed by atoms with E-state index < -0.39 is 5.97 Å². The highest BCUT2D eigenvalue weighted by molar-refractivity contribution is 6.33. The van der Waals surface area contributed by atoms with E-state index in [1.165, 1.54) is 25.6 Å². The number of rotatable bonds is 6. The summed E-state index contributed by atoms with van der Waals surface area (Å²) in [5.41, 5.74) is 2.79. The maximum absolute atomic E-state index is 12.2. The molecule has 2 aromatic carbocycles. The Hall–Kier alpha value is -2.73. The minimum Gasteiger partial charge on any atom is -0.465 e. The van der Waals surface area contributed by atoms with E-state index in [-0.39, 0.29) is 18.0 Å². The quantitative estimate of drug-likeness (QED) is 0.738. The summed E-state index contributed by atoms with van der Waals surface area (Å²) in [6, 6.07) is 12.7. The number of nitrogens with zero attached hydrogens (tertiary/aromatic N) is 1. The van der Waals surface area contributed by atoms with Crippen LogP contribution in [-0.4, -0.2) is 38.6 Å². The molecular formula is C20H22ClN3O3. The van der Waals surface area contributed by atoms with Crippen LogP contribution >= 0.6 is 11.6 Å². The first-order valence-corrected chi connectivity index (χ1v) is 9.21. The molecule has 1 fully saturated rings. The van der Waals surface area contributed by atoms with E-state index in [4.69, 9.17) is 11.6 Å². The number of ether oxygens (including phenoxy) is 1. The van der Waals surface area contributed by atoms with Crippen molar-refractivity contribution >= 4 is 40.5 Å². The molecule has 0 radical (unpaired) electrons. The van der Waals surface area contributed by atoms with Crippen LogP contribution in [0.1, 0.15) is 23.2 Å². The van der Waals surface area contributed by atoms with Crippen LogP contribution in [0.2, 0.25) is 5.02 Å². The molecular weight excluding hydrogens is 366 g/mol. The van der Waals surface area contributed by atoms with Gasteiger partial charge in [-0.25, -0.2) is 4.79 Å². The SMILES string of the molecule is COC(=O)c1cc(NCC(=O)Nc2ccc(N3CCCC3)cc2)ccc1Cl. The fraction of sp³-hybridized carbons (Fsp3) is 0.300. The summed E-state index contributed by atoms with van der Waals surface area (Å²) in [4.78, 5) is 26.2. The second-order valence-electron chi connectivity index (χ2n) is 6.33. The minimum atomic E-state index is -0.522. The Morgan fingerprint density at radius 3 is 2.41 bits per heavy atom. The Bertz CT molecular complexity index is 818. The van der Waals surface area contributed by atoms with Gasteiger partial charge in [0.1, 0.15) is 0 Å². The lowest BCUT2D eigenvalue weighted by atomic mass is 10.2. The maximum atomic E-state index is 12.2. The third-order valence-corrected chi connectivity index (χ3v) is 4.78. The molecule has 0 unspecified atom stereocenters. The Balaban J connectivity index is 1.54. The molecule has 0 aliphatic carbocycles. The van der Waals surface area contributed by atoms with Crippen LogP contribution in [0.15, 0.2) is 42.5 Å². The summed E-state index contributed by atoms with van der Waals surface area (Å²) in [6.07, 6.45) is 2.46. The molecule has 6 nitrogen and oxygen atoms in total. The highest BCUT2D eigenvalue weighted by Crippen LogP contribution is 2.23. The van der Waals surface area contributed by atoms with Crippen LogP contribution in [-0.2, 0) is 9.53 Å². The molecule has 0 bridgehead atoms. The first kappa shape index (κ1) is 19.0. The van der Waals surface area contributed by atoms with Crippen LogP contribution in [0.4, 0.5) is 17.1 Å². The molecule has 0 atom stereocenters.